The van der Waals surface area contributed by atoms with Gasteiger partial charge >= 0.3 is 0 Å². The van der Waals surface area contributed by atoms with Crippen LogP contribution >= 0.6 is 22.7 Å². The molecule has 5 nitrogen and oxygen atoms in total. The van der Waals surface area contributed by atoms with E-state index in [1.165, 1.54) is 11.3 Å². The highest BCUT2D eigenvalue weighted by atomic mass is 32.1. The van der Waals surface area contributed by atoms with Gasteiger partial charge < -0.3 is 9.88 Å². The standard InChI is InChI=1S/C20H18N4OS2/c1-12-17(27-19(21-12)13-8-10-26-11-13)20(25)24-9-4-7-16(24)18-22-14-5-2-3-6-15(14)23-18/h2-3,5-6,8,10-11,16H,4,7,9H2,1H3,(H,22,23). The van der Waals surface area contributed by atoms with Crippen LogP contribution in [-0.2, 0) is 0 Å². The maximum Gasteiger partial charge on any atom is 0.266 e. The van der Waals surface area contributed by atoms with Crippen molar-refractivity contribution in [2.45, 2.75) is 25.8 Å². The van der Waals surface area contributed by atoms with Crippen molar-refractivity contribution in [3.8, 4) is 10.6 Å². The molecule has 1 N–H and O–H groups in total. The molecule has 1 atom stereocenters. The summed E-state index contributed by atoms with van der Waals surface area (Å²) < 4.78 is 0. The van der Waals surface area contributed by atoms with Crippen LogP contribution in [0.1, 0.15) is 40.1 Å². The van der Waals surface area contributed by atoms with Crippen LogP contribution in [-0.4, -0.2) is 32.3 Å². The number of H-pyrrole nitrogens is 1. The van der Waals surface area contributed by atoms with Crippen molar-refractivity contribution >= 4 is 39.6 Å². The molecule has 4 aromatic rings. The predicted octanol–water partition coefficient (Wildman–Crippen LogP) is 5.03. The molecule has 1 fully saturated rings. The number of hydrogen-bond donors (Lipinski definition) is 1. The molecule has 136 valence electrons. The number of aromatic nitrogens is 3. The van der Waals surface area contributed by atoms with E-state index in [0.717, 1.165) is 57.4 Å². The average molecular weight is 395 g/mol. The molecule has 1 amide bonds. The first-order valence-electron chi connectivity index (χ1n) is 8.96. The number of benzene rings is 1. The summed E-state index contributed by atoms with van der Waals surface area (Å²) in [6.07, 6.45) is 1.92. The molecule has 1 unspecified atom stereocenters. The van der Waals surface area contributed by atoms with Crippen LogP contribution < -0.4 is 0 Å². The number of nitrogens with zero attached hydrogens (tertiary/aromatic N) is 3. The topological polar surface area (TPSA) is 61.9 Å². The summed E-state index contributed by atoms with van der Waals surface area (Å²) in [7, 11) is 0. The summed E-state index contributed by atoms with van der Waals surface area (Å²) in [5, 5.41) is 5.02. The molecular formula is C20H18N4OS2. The highest BCUT2D eigenvalue weighted by Gasteiger charge is 2.34. The van der Waals surface area contributed by atoms with E-state index in [1.807, 2.05) is 47.5 Å². The predicted molar refractivity (Wildman–Crippen MR) is 109 cm³/mol. The monoisotopic (exact) mass is 394 g/mol. The van der Waals surface area contributed by atoms with Gasteiger partial charge in [-0.3, -0.25) is 4.79 Å². The zero-order valence-corrected chi connectivity index (χ0v) is 16.4. The number of imidazole rings is 1. The second-order valence-electron chi connectivity index (χ2n) is 6.74. The van der Waals surface area contributed by atoms with Crippen LogP contribution in [0.3, 0.4) is 0 Å². The number of aromatic amines is 1. The fourth-order valence-electron chi connectivity index (χ4n) is 3.66. The minimum atomic E-state index is -0.00371. The Morgan fingerprint density at radius 3 is 2.96 bits per heavy atom. The fourth-order valence-corrected chi connectivity index (χ4v) is 5.39. The Hall–Kier alpha value is -2.51. The van der Waals surface area contributed by atoms with Crippen LogP contribution in [0.2, 0.25) is 0 Å². The van der Waals surface area contributed by atoms with Gasteiger partial charge in [-0.15, -0.1) is 11.3 Å². The van der Waals surface area contributed by atoms with Crippen molar-refractivity contribution in [1.82, 2.24) is 19.9 Å². The van der Waals surface area contributed by atoms with Gasteiger partial charge in [0.2, 0.25) is 0 Å². The summed E-state index contributed by atoms with van der Waals surface area (Å²) in [4.78, 5) is 28.8. The molecule has 1 aliphatic rings. The fraction of sp³-hybridized carbons (Fsp3) is 0.250. The number of para-hydroxylation sites is 2. The lowest BCUT2D eigenvalue weighted by atomic mass is 10.2. The Morgan fingerprint density at radius 2 is 2.15 bits per heavy atom. The van der Waals surface area contributed by atoms with E-state index < -0.39 is 0 Å². The molecule has 0 radical (unpaired) electrons. The van der Waals surface area contributed by atoms with Gasteiger partial charge in [0.15, 0.2) is 0 Å². The van der Waals surface area contributed by atoms with Crippen LogP contribution in [0.4, 0.5) is 0 Å². The quantitative estimate of drug-likeness (QED) is 0.530. The number of nitrogens with one attached hydrogen (secondary N) is 1. The minimum absolute atomic E-state index is 0.00371. The Morgan fingerprint density at radius 1 is 1.26 bits per heavy atom. The molecule has 0 aliphatic carbocycles. The molecule has 4 heterocycles. The second kappa shape index (κ2) is 6.58. The van der Waals surface area contributed by atoms with E-state index in [1.54, 1.807) is 11.3 Å². The Kier molecular flexibility index (Phi) is 4.06. The smallest absolute Gasteiger partial charge is 0.266 e. The molecule has 7 heteroatoms. The highest BCUT2D eigenvalue weighted by molar-refractivity contribution is 7.17. The molecular weight excluding hydrogens is 376 g/mol. The van der Waals surface area contributed by atoms with Crippen molar-refractivity contribution in [3.05, 3.63) is 57.5 Å². The van der Waals surface area contributed by atoms with Crippen molar-refractivity contribution < 1.29 is 4.79 Å². The first-order chi connectivity index (χ1) is 13.2. The molecule has 1 saturated heterocycles. The Balaban J connectivity index is 1.47. The van der Waals surface area contributed by atoms with Crippen molar-refractivity contribution in [2.75, 3.05) is 6.54 Å². The molecule has 0 bridgehead atoms. The molecule has 27 heavy (non-hydrogen) atoms. The lowest BCUT2D eigenvalue weighted by molar-refractivity contribution is 0.0734. The Bertz CT molecular complexity index is 1080. The largest absolute Gasteiger partial charge is 0.340 e. The van der Waals surface area contributed by atoms with Gasteiger partial charge in [-0.25, -0.2) is 9.97 Å². The number of rotatable bonds is 3. The molecule has 3 aromatic heterocycles. The molecule has 1 aromatic carbocycles. The van der Waals surface area contributed by atoms with Crippen LogP contribution in [0, 0.1) is 6.92 Å². The lowest BCUT2D eigenvalue weighted by Crippen LogP contribution is -2.31. The molecule has 1 aliphatic heterocycles. The van der Waals surface area contributed by atoms with E-state index in [0.29, 0.717) is 0 Å². The van der Waals surface area contributed by atoms with Gasteiger partial charge in [-0.05, 0) is 43.3 Å². The van der Waals surface area contributed by atoms with E-state index in [9.17, 15) is 4.79 Å². The third-order valence-corrected chi connectivity index (χ3v) is 6.87. The van der Waals surface area contributed by atoms with E-state index in [-0.39, 0.29) is 11.9 Å². The normalized spacial score (nSPS) is 17.1. The van der Waals surface area contributed by atoms with Gasteiger partial charge in [0, 0.05) is 17.5 Å². The van der Waals surface area contributed by atoms with E-state index >= 15 is 0 Å². The zero-order chi connectivity index (χ0) is 18.4. The van der Waals surface area contributed by atoms with Crippen molar-refractivity contribution in [3.63, 3.8) is 0 Å². The second-order valence-corrected chi connectivity index (χ2v) is 8.52. The maximum atomic E-state index is 13.3. The molecule has 0 saturated carbocycles. The number of thiophene rings is 1. The van der Waals surface area contributed by atoms with Crippen LogP contribution in [0.15, 0.2) is 41.1 Å². The number of aryl methyl sites for hydroxylation is 1. The summed E-state index contributed by atoms with van der Waals surface area (Å²) in [5.41, 5.74) is 3.85. The number of carbonyl (C=O) groups excluding carboxylic acids is 1. The van der Waals surface area contributed by atoms with Crippen LogP contribution in [0.5, 0.6) is 0 Å². The average Bonchev–Trinajstić information content (AvgIpc) is 3.45. The summed E-state index contributed by atoms with van der Waals surface area (Å²) in [5.74, 6) is 0.941. The highest BCUT2D eigenvalue weighted by Crippen LogP contribution is 2.36. The SMILES string of the molecule is Cc1nc(-c2ccsc2)sc1C(=O)N1CCCC1c1nc2ccccc2[nH]1. The number of carbonyl (C=O) groups is 1. The first-order valence-corrected chi connectivity index (χ1v) is 10.7. The number of fused-ring (bicyclic) bond motifs is 1. The molecule has 0 spiro atoms. The maximum absolute atomic E-state index is 13.3. The van der Waals surface area contributed by atoms with E-state index in [4.69, 9.17) is 4.98 Å². The van der Waals surface area contributed by atoms with Crippen molar-refractivity contribution in [2.24, 2.45) is 0 Å². The van der Waals surface area contributed by atoms with Gasteiger partial charge in [0.05, 0.1) is 22.8 Å². The third kappa shape index (κ3) is 2.87. The number of hydrogen-bond acceptors (Lipinski definition) is 5. The number of likely N-dealkylation sites (tertiary alicyclic amines) is 1. The summed E-state index contributed by atoms with van der Waals surface area (Å²) >= 11 is 3.13. The van der Waals surface area contributed by atoms with Crippen LogP contribution in [0.25, 0.3) is 21.6 Å². The zero-order valence-electron chi connectivity index (χ0n) is 14.8. The van der Waals surface area contributed by atoms with Gasteiger partial charge in [0.25, 0.3) is 5.91 Å². The Labute approximate surface area is 164 Å². The summed E-state index contributed by atoms with van der Waals surface area (Å²) in [6.45, 7) is 2.68. The number of thiazole rings is 1. The van der Waals surface area contributed by atoms with Gasteiger partial charge in [-0.2, -0.15) is 11.3 Å². The lowest BCUT2D eigenvalue weighted by Gasteiger charge is -2.22. The van der Waals surface area contributed by atoms with E-state index in [2.05, 4.69) is 15.3 Å². The summed E-state index contributed by atoms with van der Waals surface area (Å²) in [6, 6.07) is 10.0. The third-order valence-electron chi connectivity index (χ3n) is 5.00. The van der Waals surface area contributed by atoms with Crippen molar-refractivity contribution in [1.29, 1.82) is 0 Å². The molecule has 5 rings (SSSR count). The number of amides is 1. The first kappa shape index (κ1) is 16.6. The minimum Gasteiger partial charge on any atom is -0.340 e. The van der Waals surface area contributed by atoms with Gasteiger partial charge in [0.1, 0.15) is 15.7 Å². The van der Waals surface area contributed by atoms with Gasteiger partial charge in [-0.1, -0.05) is 12.1 Å².